The second-order valence-electron chi connectivity index (χ2n) is 7.83. The van der Waals surface area contributed by atoms with E-state index in [0.717, 1.165) is 0 Å². The number of aromatic nitrogens is 1. The van der Waals surface area contributed by atoms with Crippen molar-refractivity contribution in [3.8, 4) is 0 Å². The number of nitrogens with one attached hydrogen (secondary N) is 2. The van der Waals surface area contributed by atoms with E-state index in [1.165, 1.54) is 6.07 Å². The lowest BCUT2D eigenvalue weighted by Gasteiger charge is -2.38. The summed E-state index contributed by atoms with van der Waals surface area (Å²) in [5.41, 5.74) is 0.652. The maximum Gasteiger partial charge on any atom is 0.261 e. The lowest BCUT2D eigenvalue weighted by atomic mass is 9.75. The van der Waals surface area contributed by atoms with Gasteiger partial charge in [0.2, 0.25) is 0 Å². The molecule has 1 fully saturated rings. The number of hydrogen-bond acceptors (Lipinski definition) is 4. The van der Waals surface area contributed by atoms with Crippen molar-refractivity contribution in [3.63, 3.8) is 0 Å². The number of fused-ring (bicyclic) bond motifs is 1. The van der Waals surface area contributed by atoms with Gasteiger partial charge in [0.05, 0.1) is 0 Å². The van der Waals surface area contributed by atoms with Crippen LogP contribution in [0.3, 0.4) is 0 Å². The number of amides is 1. The molecule has 2 N–H and O–H groups in total. The second-order valence-corrected chi connectivity index (χ2v) is 7.83. The zero-order chi connectivity index (χ0) is 17.6. The molecular weight excluding hydrogens is 306 g/mol. The zero-order valence-electron chi connectivity index (χ0n) is 14.7. The Hall–Kier alpha value is -1.95. The summed E-state index contributed by atoms with van der Waals surface area (Å²) >= 11 is 0. The fraction of sp³-hybridized carbons (Fsp3) is 0.611. The lowest BCUT2D eigenvalue weighted by Crippen LogP contribution is -2.57. The Balaban J connectivity index is 1.98. The van der Waals surface area contributed by atoms with Crippen molar-refractivity contribution in [1.29, 1.82) is 0 Å². The molecule has 0 bridgehead atoms. The van der Waals surface area contributed by atoms with Crippen LogP contribution < -0.4 is 10.9 Å². The average Bonchev–Trinajstić information content (AvgIpc) is 2.47. The summed E-state index contributed by atoms with van der Waals surface area (Å²) in [7, 11) is 0. The highest BCUT2D eigenvalue weighted by molar-refractivity contribution is 6.02. The molecule has 130 valence electrons. The molecule has 24 heavy (non-hydrogen) atoms. The first-order valence-corrected chi connectivity index (χ1v) is 8.53. The van der Waals surface area contributed by atoms with Crippen LogP contribution in [0.25, 0.3) is 0 Å². The van der Waals surface area contributed by atoms with Gasteiger partial charge in [-0.05, 0) is 31.7 Å². The van der Waals surface area contributed by atoms with E-state index in [2.05, 4.69) is 10.3 Å². The Bertz CT molecular complexity index is 750. The molecule has 2 atom stereocenters. The SMILES string of the molecule is CC1NCCN(C(=O)c2cc3c([nH]c2=O)CC(C)(C)CC3=O)C1C. The van der Waals surface area contributed by atoms with Crippen LogP contribution in [0, 0.1) is 5.41 Å². The Morgan fingerprint density at radius 2 is 1.96 bits per heavy atom. The van der Waals surface area contributed by atoms with Crippen LogP contribution >= 0.6 is 0 Å². The number of carbonyl (C=O) groups is 2. The molecule has 2 heterocycles. The molecule has 1 aromatic rings. The molecule has 2 unspecified atom stereocenters. The fourth-order valence-electron chi connectivity index (χ4n) is 3.68. The molecule has 2 aliphatic rings. The number of nitrogens with zero attached hydrogens (tertiary/aromatic N) is 1. The summed E-state index contributed by atoms with van der Waals surface area (Å²) in [4.78, 5) is 42.2. The van der Waals surface area contributed by atoms with E-state index in [-0.39, 0.29) is 34.8 Å². The number of Topliss-reactive ketones (excluding diaryl/α,β-unsaturated/α-hetero) is 1. The van der Waals surface area contributed by atoms with Crippen LogP contribution in [0.2, 0.25) is 0 Å². The highest BCUT2D eigenvalue weighted by Crippen LogP contribution is 2.33. The van der Waals surface area contributed by atoms with Crippen LogP contribution in [0.4, 0.5) is 0 Å². The summed E-state index contributed by atoms with van der Waals surface area (Å²) in [6, 6.07) is 1.67. The standard InChI is InChI=1S/C18H25N3O3/c1-10-11(2)21(6-5-19-10)17(24)13-7-12-14(20-16(13)23)8-18(3,4)9-15(12)22/h7,10-11,19H,5-6,8-9H2,1-4H3,(H,20,23). The predicted molar refractivity (Wildman–Crippen MR) is 91.5 cm³/mol. The number of hydrogen-bond donors (Lipinski definition) is 2. The minimum absolute atomic E-state index is 0.00341. The van der Waals surface area contributed by atoms with E-state index < -0.39 is 5.56 Å². The third kappa shape index (κ3) is 2.90. The quantitative estimate of drug-likeness (QED) is 0.814. The maximum atomic E-state index is 12.9. The molecule has 1 aromatic heterocycles. The van der Waals surface area contributed by atoms with Gasteiger partial charge in [-0.3, -0.25) is 14.4 Å². The van der Waals surface area contributed by atoms with E-state index in [9.17, 15) is 14.4 Å². The molecule has 6 nitrogen and oxygen atoms in total. The number of pyridine rings is 1. The molecule has 1 saturated heterocycles. The molecule has 1 aliphatic heterocycles. The summed E-state index contributed by atoms with van der Waals surface area (Å²) in [5.74, 6) is -0.300. The third-order valence-corrected chi connectivity index (χ3v) is 5.24. The summed E-state index contributed by atoms with van der Waals surface area (Å²) in [6.07, 6.45) is 1.07. The van der Waals surface area contributed by atoms with Gasteiger partial charge in [0.1, 0.15) is 5.56 Å². The van der Waals surface area contributed by atoms with Crippen molar-refractivity contribution >= 4 is 11.7 Å². The van der Waals surface area contributed by atoms with Gasteiger partial charge in [0, 0.05) is 42.9 Å². The Labute approximate surface area is 141 Å². The van der Waals surface area contributed by atoms with Gasteiger partial charge in [-0.25, -0.2) is 0 Å². The van der Waals surface area contributed by atoms with Crippen molar-refractivity contribution in [2.45, 2.75) is 52.6 Å². The van der Waals surface area contributed by atoms with Crippen LogP contribution in [0.1, 0.15) is 60.5 Å². The maximum absolute atomic E-state index is 12.9. The van der Waals surface area contributed by atoms with Gasteiger partial charge in [0.25, 0.3) is 11.5 Å². The van der Waals surface area contributed by atoms with Crippen LogP contribution in [0.15, 0.2) is 10.9 Å². The largest absolute Gasteiger partial charge is 0.333 e. The van der Waals surface area contributed by atoms with Gasteiger partial charge in [-0.1, -0.05) is 13.8 Å². The smallest absolute Gasteiger partial charge is 0.261 e. The molecule has 0 spiro atoms. The van der Waals surface area contributed by atoms with Crippen LogP contribution in [-0.4, -0.2) is 46.7 Å². The van der Waals surface area contributed by atoms with Crippen molar-refractivity contribution in [1.82, 2.24) is 15.2 Å². The minimum Gasteiger partial charge on any atom is -0.333 e. The predicted octanol–water partition coefficient (Wildman–Crippen LogP) is 1.35. The molecule has 1 amide bonds. The van der Waals surface area contributed by atoms with E-state index in [1.54, 1.807) is 4.90 Å². The summed E-state index contributed by atoms with van der Waals surface area (Å²) in [5, 5.41) is 3.31. The second kappa shape index (κ2) is 5.84. The van der Waals surface area contributed by atoms with E-state index in [1.807, 2.05) is 27.7 Å². The van der Waals surface area contributed by atoms with Crippen LogP contribution in [-0.2, 0) is 6.42 Å². The minimum atomic E-state index is -0.400. The zero-order valence-corrected chi connectivity index (χ0v) is 14.7. The highest BCUT2D eigenvalue weighted by atomic mass is 16.2. The lowest BCUT2D eigenvalue weighted by molar-refractivity contribution is 0.0601. The first-order chi connectivity index (χ1) is 11.2. The number of H-pyrrole nitrogens is 1. The fourth-order valence-corrected chi connectivity index (χ4v) is 3.68. The first-order valence-electron chi connectivity index (χ1n) is 8.53. The molecule has 6 heteroatoms. The van der Waals surface area contributed by atoms with E-state index in [4.69, 9.17) is 0 Å². The average molecular weight is 331 g/mol. The van der Waals surface area contributed by atoms with Crippen molar-refractivity contribution in [2.75, 3.05) is 13.1 Å². The van der Waals surface area contributed by atoms with Gasteiger partial charge < -0.3 is 15.2 Å². The topological polar surface area (TPSA) is 82.3 Å². The van der Waals surface area contributed by atoms with Crippen molar-refractivity contribution in [3.05, 3.63) is 33.2 Å². The normalized spacial score (nSPS) is 26.2. The number of piperazine rings is 1. The molecule has 1 aliphatic carbocycles. The van der Waals surface area contributed by atoms with Crippen LogP contribution in [0.5, 0.6) is 0 Å². The third-order valence-electron chi connectivity index (χ3n) is 5.24. The van der Waals surface area contributed by atoms with E-state index in [0.29, 0.717) is 37.2 Å². The van der Waals surface area contributed by atoms with E-state index >= 15 is 0 Å². The van der Waals surface area contributed by atoms with Crippen molar-refractivity contribution in [2.24, 2.45) is 5.41 Å². The number of ketones is 1. The first kappa shape index (κ1) is 16.9. The summed E-state index contributed by atoms with van der Waals surface area (Å²) < 4.78 is 0. The number of carbonyl (C=O) groups excluding carboxylic acids is 2. The van der Waals surface area contributed by atoms with Gasteiger partial charge in [-0.15, -0.1) is 0 Å². The Morgan fingerprint density at radius 1 is 1.25 bits per heavy atom. The Kier molecular flexibility index (Phi) is 4.11. The molecule has 3 rings (SSSR count). The van der Waals surface area contributed by atoms with Gasteiger partial charge in [0.15, 0.2) is 5.78 Å². The monoisotopic (exact) mass is 331 g/mol. The van der Waals surface area contributed by atoms with Gasteiger partial charge in [-0.2, -0.15) is 0 Å². The molecule has 0 aromatic carbocycles. The number of rotatable bonds is 1. The van der Waals surface area contributed by atoms with Gasteiger partial charge >= 0.3 is 0 Å². The molecular formula is C18H25N3O3. The van der Waals surface area contributed by atoms with Crippen molar-refractivity contribution < 1.29 is 9.59 Å². The molecule has 0 saturated carbocycles. The summed E-state index contributed by atoms with van der Waals surface area (Å²) in [6.45, 7) is 9.26. The number of aromatic amines is 1. The Morgan fingerprint density at radius 3 is 2.67 bits per heavy atom. The molecule has 0 radical (unpaired) electrons. The highest BCUT2D eigenvalue weighted by Gasteiger charge is 2.34.